The zero-order valence-corrected chi connectivity index (χ0v) is 8.32. The quantitative estimate of drug-likeness (QED) is 0.715. The van der Waals surface area contributed by atoms with E-state index < -0.39 is 0 Å². The first-order valence-electron chi connectivity index (χ1n) is 3.85. The van der Waals surface area contributed by atoms with Gasteiger partial charge in [-0.15, -0.1) is 0 Å². The largest absolute Gasteiger partial charge is 0.388 e. The summed E-state index contributed by atoms with van der Waals surface area (Å²) in [4.78, 5) is 0. The third-order valence-corrected chi connectivity index (χ3v) is 3.01. The van der Waals surface area contributed by atoms with E-state index in [0.29, 0.717) is 0 Å². The van der Waals surface area contributed by atoms with Crippen LogP contribution in [0.15, 0.2) is 22.2 Å². The Bertz CT molecular complexity index is 206. The van der Waals surface area contributed by atoms with E-state index in [1.165, 1.54) is 5.57 Å². The lowest BCUT2D eigenvalue weighted by molar-refractivity contribution is 0.199. The van der Waals surface area contributed by atoms with Crippen LogP contribution in [0.2, 0.25) is 0 Å². The summed E-state index contributed by atoms with van der Waals surface area (Å²) < 4.78 is 0.941. The molecule has 0 aliphatic heterocycles. The molecule has 0 amide bonds. The fraction of sp³-hybridized carbons (Fsp3) is 0.556. The van der Waals surface area contributed by atoms with E-state index in [1.807, 2.05) is 6.92 Å². The van der Waals surface area contributed by atoms with E-state index in [1.54, 1.807) is 0 Å². The van der Waals surface area contributed by atoms with E-state index in [4.69, 9.17) is 0 Å². The molecule has 1 unspecified atom stereocenters. The minimum absolute atomic E-state index is 0.296. The molecule has 0 aromatic carbocycles. The second-order valence-corrected chi connectivity index (χ2v) is 3.87. The molecule has 0 saturated carbocycles. The summed E-state index contributed by atoms with van der Waals surface area (Å²) in [5.74, 6) is 0. The molecule has 1 aliphatic rings. The van der Waals surface area contributed by atoms with Gasteiger partial charge in [-0.05, 0) is 31.8 Å². The summed E-state index contributed by atoms with van der Waals surface area (Å²) in [6.45, 7) is 5.85. The van der Waals surface area contributed by atoms with Gasteiger partial charge in [0.25, 0.3) is 0 Å². The Balaban J connectivity index is 2.89. The maximum Gasteiger partial charge on any atom is 0.0857 e. The van der Waals surface area contributed by atoms with Crippen LogP contribution in [0.4, 0.5) is 0 Å². The van der Waals surface area contributed by atoms with E-state index in [-0.39, 0.29) is 6.10 Å². The monoisotopic (exact) mass is 216 g/mol. The zero-order chi connectivity index (χ0) is 8.43. The lowest BCUT2D eigenvalue weighted by Crippen LogP contribution is -2.13. The molecule has 0 aromatic heterocycles. The molecule has 1 aliphatic carbocycles. The van der Waals surface area contributed by atoms with Gasteiger partial charge in [0.05, 0.1) is 6.10 Å². The normalized spacial score (nSPS) is 25.5. The fourth-order valence-corrected chi connectivity index (χ4v) is 2.10. The molecule has 11 heavy (non-hydrogen) atoms. The SMILES string of the molecule is C=C(C)C1=C(Br)C(O)CCC1. The first-order valence-corrected chi connectivity index (χ1v) is 4.64. The number of aliphatic hydroxyl groups is 1. The van der Waals surface area contributed by atoms with Crippen LogP contribution in [0.25, 0.3) is 0 Å². The van der Waals surface area contributed by atoms with Crippen molar-refractivity contribution >= 4 is 15.9 Å². The zero-order valence-electron chi connectivity index (χ0n) is 6.73. The molecule has 1 nitrogen and oxygen atoms in total. The van der Waals surface area contributed by atoms with Crippen LogP contribution >= 0.6 is 15.9 Å². The van der Waals surface area contributed by atoms with Gasteiger partial charge in [-0.2, -0.15) is 0 Å². The molecular formula is C9H13BrO. The van der Waals surface area contributed by atoms with Crippen molar-refractivity contribution in [1.82, 2.24) is 0 Å². The van der Waals surface area contributed by atoms with Gasteiger partial charge in [-0.25, -0.2) is 0 Å². The lowest BCUT2D eigenvalue weighted by Gasteiger charge is -2.21. The second kappa shape index (κ2) is 3.55. The van der Waals surface area contributed by atoms with Crippen LogP contribution < -0.4 is 0 Å². The summed E-state index contributed by atoms with van der Waals surface area (Å²) in [5.41, 5.74) is 2.26. The fourth-order valence-electron chi connectivity index (χ4n) is 1.34. The van der Waals surface area contributed by atoms with Crippen molar-refractivity contribution < 1.29 is 5.11 Å². The van der Waals surface area contributed by atoms with Gasteiger partial charge in [0.1, 0.15) is 0 Å². The Morgan fingerprint density at radius 2 is 2.36 bits per heavy atom. The molecule has 1 N–H and O–H groups in total. The Morgan fingerprint density at radius 3 is 2.82 bits per heavy atom. The maximum atomic E-state index is 9.45. The highest BCUT2D eigenvalue weighted by Gasteiger charge is 2.18. The van der Waals surface area contributed by atoms with E-state index in [0.717, 1.165) is 29.3 Å². The van der Waals surface area contributed by atoms with Gasteiger partial charge in [-0.1, -0.05) is 28.1 Å². The first-order chi connectivity index (χ1) is 5.13. The average molecular weight is 217 g/mol. The summed E-state index contributed by atoms with van der Waals surface area (Å²) in [6, 6.07) is 0. The number of halogens is 1. The Kier molecular flexibility index (Phi) is 2.90. The van der Waals surface area contributed by atoms with Crippen LogP contribution in [0.5, 0.6) is 0 Å². The third-order valence-electron chi connectivity index (χ3n) is 2.00. The average Bonchev–Trinajstić information content (AvgIpc) is 1.94. The Labute approximate surface area is 75.9 Å². The highest BCUT2D eigenvalue weighted by molar-refractivity contribution is 9.11. The number of rotatable bonds is 1. The van der Waals surface area contributed by atoms with Gasteiger partial charge in [-0.3, -0.25) is 0 Å². The molecule has 0 saturated heterocycles. The minimum Gasteiger partial charge on any atom is -0.388 e. The predicted molar refractivity (Wildman–Crippen MR) is 50.6 cm³/mol. The highest BCUT2D eigenvalue weighted by atomic mass is 79.9. The summed E-state index contributed by atoms with van der Waals surface area (Å²) >= 11 is 3.39. The molecule has 2 heteroatoms. The molecular weight excluding hydrogens is 204 g/mol. The lowest BCUT2D eigenvalue weighted by atomic mass is 9.93. The van der Waals surface area contributed by atoms with Crippen LogP contribution in [0.1, 0.15) is 26.2 Å². The summed E-state index contributed by atoms with van der Waals surface area (Å²) in [6.07, 6.45) is 2.69. The van der Waals surface area contributed by atoms with Crippen molar-refractivity contribution in [3.63, 3.8) is 0 Å². The molecule has 62 valence electrons. The van der Waals surface area contributed by atoms with Crippen molar-refractivity contribution in [3.8, 4) is 0 Å². The topological polar surface area (TPSA) is 20.2 Å². The smallest absolute Gasteiger partial charge is 0.0857 e. The molecule has 0 aromatic rings. The molecule has 1 rings (SSSR count). The maximum absolute atomic E-state index is 9.45. The van der Waals surface area contributed by atoms with Crippen molar-refractivity contribution in [2.45, 2.75) is 32.3 Å². The van der Waals surface area contributed by atoms with Crippen molar-refractivity contribution in [2.75, 3.05) is 0 Å². The Morgan fingerprint density at radius 1 is 1.73 bits per heavy atom. The first kappa shape index (κ1) is 9.01. The number of aliphatic hydroxyl groups excluding tert-OH is 1. The molecule has 0 heterocycles. The van der Waals surface area contributed by atoms with Gasteiger partial charge in [0.15, 0.2) is 0 Å². The summed E-state index contributed by atoms with van der Waals surface area (Å²) in [7, 11) is 0. The van der Waals surface area contributed by atoms with E-state index in [9.17, 15) is 5.11 Å². The Hall–Kier alpha value is -0.0800. The number of allylic oxidation sites excluding steroid dienone is 2. The van der Waals surface area contributed by atoms with Crippen LogP contribution in [0, 0.1) is 0 Å². The van der Waals surface area contributed by atoms with Crippen molar-refractivity contribution in [1.29, 1.82) is 0 Å². The van der Waals surface area contributed by atoms with Crippen LogP contribution in [-0.4, -0.2) is 11.2 Å². The van der Waals surface area contributed by atoms with Gasteiger partial charge < -0.3 is 5.11 Å². The van der Waals surface area contributed by atoms with E-state index in [2.05, 4.69) is 22.5 Å². The number of hydrogen-bond acceptors (Lipinski definition) is 1. The third kappa shape index (κ3) is 1.94. The highest BCUT2D eigenvalue weighted by Crippen LogP contribution is 2.32. The van der Waals surface area contributed by atoms with Crippen LogP contribution in [0.3, 0.4) is 0 Å². The molecule has 0 radical (unpaired) electrons. The molecule has 0 fully saturated rings. The standard InChI is InChI=1S/C9H13BrO/c1-6(2)7-4-3-5-8(11)9(7)10/h8,11H,1,3-5H2,2H3. The van der Waals surface area contributed by atoms with Crippen molar-refractivity contribution in [3.05, 3.63) is 22.2 Å². The van der Waals surface area contributed by atoms with Gasteiger partial charge >= 0.3 is 0 Å². The molecule has 1 atom stereocenters. The summed E-state index contributed by atoms with van der Waals surface area (Å²) in [5, 5.41) is 9.45. The minimum atomic E-state index is -0.296. The molecule has 0 bridgehead atoms. The van der Waals surface area contributed by atoms with Gasteiger partial charge in [0.2, 0.25) is 0 Å². The number of hydrogen-bond donors (Lipinski definition) is 1. The van der Waals surface area contributed by atoms with Gasteiger partial charge in [0, 0.05) is 4.48 Å². The van der Waals surface area contributed by atoms with Crippen LogP contribution in [-0.2, 0) is 0 Å². The van der Waals surface area contributed by atoms with Crippen molar-refractivity contribution in [2.24, 2.45) is 0 Å². The molecule has 0 spiro atoms. The van der Waals surface area contributed by atoms with E-state index >= 15 is 0 Å². The second-order valence-electron chi connectivity index (χ2n) is 3.01. The predicted octanol–water partition coefficient (Wildman–Crippen LogP) is 2.76.